The number of nitrogens with zero attached hydrogens (tertiary/aromatic N) is 1. The lowest BCUT2D eigenvalue weighted by atomic mass is 10.1. The molecule has 1 unspecified atom stereocenters. The fourth-order valence-electron chi connectivity index (χ4n) is 3.72. The smallest absolute Gasteiger partial charge is 0.343 e. The van der Waals surface area contributed by atoms with Crippen LogP contribution in [0.15, 0.2) is 90.0 Å². The molecule has 0 radical (unpaired) electrons. The van der Waals surface area contributed by atoms with Crippen LogP contribution in [0.4, 0.5) is 0 Å². The summed E-state index contributed by atoms with van der Waals surface area (Å²) < 4.78 is 22.3. The molecule has 4 aromatic rings. The second-order valence-electron chi connectivity index (χ2n) is 8.64. The molecule has 0 fully saturated rings. The van der Waals surface area contributed by atoms with E-state index >= 15 is 0 Å². The van der Waals surface area contributed by atoms with E-state index in [1.165, 1.54) is 13.3 Å². The van der Waals surface area contributed by atoms with Gasteiger partial charge >= 0.3 is 5.97 Å². The van der Waals surface area contributed by atoms with Gasteiger partial charge in [0.15, 0.2) is 17.6 Å². The predicted octanol–water partition coefficient (Wildman–Crippen LogP) is 5.77. The van der Waals surface area contributed by atoms with E-state index in [-0.39, 0.29) is 5.75 Å². The first kappa shape index (κ1) is 27.2. The molecule has 0 aliphatic carbocycles. The zero-order chi connectivity index (χ0) is 27.6. The number of hydrogen-bond donors (Lipinski definition) is 1. The molecule has 1 N–H and O–H groups in total. The van der Waals surface area contributed by atoms with Gasteiger partial charge in [-0.05, 0) is 72.8 Å². The van der Waals surface area contributed by atoms with E-state index in [9.17, 15) is 9.59 Å². The van der Waals surface area contributed by atoms with Crippen LogP contribution in [0.2, 0.25) is 0 Å². The average molecular weight is 527 g/mol. The lowest BCUT2D eigenvalue weighted by Crippen LogP contribution is -2.33. The number of hydrazone groups is 1. The number of carbonyl (C=O) groups is 2. The first-order chi connectivity index (χ1) is 19.0. The van der Waals surface area contributed by atoms with E-state index in [0.717, 1.165) is 17.2 Å². The molecule has 0 saturated carbocycles. The Labute approximate surface area is 227 Å². The monoisotopic (exact) mass is 526 g/mol. The van der Waals surface area contributed by atoms with Crippen LogP contribution in [0, 0.1) is 0 Å². The molecular weight excluding hydrogens is 496 g/mol. The number of rotatable bonds is 11. The standard InChI is InChI=1S/C31H30N2O6/c1-4-18-37-25-15-13-24(14-16-25)31(35)39-28-17-12-22(19-29(28)36-3)20-32-33-30(34)21(2)38-27-11-7-9-23-8-5-6-10-26(23)27/h5-17,19-21H,4,18H2,1-3H3,(H,33,34). The summed E-state index contributed by atoms with van der Waals surface area (Å²) in [6.45, 7) is 4.29. The van der Waals surface area contributed by atoms with Gasteiger partial charge in [-0.2, -0.15) is 5.10 Å². The van der Waals surface area contributed by atoms with Gasteiger partial charge in [-0.15, -0.1) is 0 Å². The summed E-state index contributed by atoms with van der Waals surface area (Å²) >= 11 is 0. The van der Waals surface area contributed by atoms with Crippen molar-refractivity contribution < 1.29 is 28.5 Å². The second kappa shape index (κ2) is 13.1. The quantitative estimate of drug-likeness (QED) is 0.115. The van der Waals surface area contributed by atoms with Gasteiger partial charge in [-0.3, -0.25) is 4.79 Å². The summed E-state index contributed by atoms with van der Waals surface area (Å²) in [6, 6.07) is 25.2. The topological polar surface area (TPSA) is 95.5 Å². The molecule has 4 aromatic carbocycles. The van der Waals surface area contributed by atoms with Gasteiger partial charge in [-0.1, -0.05) is 43.3 Å². The maximum Gasteiger partial charge on any atom is 0.343 e. The van der Waals surface area contributed by atoms with Crippen molar-refractivity contribution in [1.29, 1.82) is 0 Å². The number of hydrogen-bond acceptors (Lipinski definition) is 7. The Morgan fingerprint density at radius 1 is 0.923 bits per heavy atom. The number of methoxy groups -OCH3 is 1. The Balaban J connectivity index is 1.34. The minimum absolute atomic E-state index is 0.257. The van der Waals surface area contributed by atoms with Crippen LogP contribution in [-0.4, -0.2) is 37.9 Å². The van der Waals surface area contributed by atoms with Crippen molar-refractivity contribution in [3.05, 3.63) is 96.1 Å². The normalized spacial score (nSPS) is 11.7. The summed E-state index contributed by atoms with van der Waals surface area (Å²) in [5, 5.41) is 5.98. The van der Waals surface area contributed by atoms with Crippen molar-refractivity contribution in [2.24, 2.45) is 5.10 Å². The minimum Gasteiger partial charge on any atom is -0.494 e. The van der Waals surface area contributed by atoms with Crippen LogP contribution < -0.4 is 24.4 Å². The summed E-state index contributed by atoms with van der Waals surface area (Å²) in [4.78, 5) is 25.1. The number of nitrogens with one attached hydrogen (secondary N) is 1. The molecule has 0 aliphatic rings. The Morgan fingerprint density at radius 3 is 2.46 bits per heavy atom. The van der Waals surface area contributed by atoms with Gasteiger partial charge in [0, 0.05) is 5.39 Å². The summed E-state index contributed by atoms with van der Waals surface area (Å²) in [6.07, 6.45) is 1.60. The third kappa shape index (κ3) is 7.13. The number of amides is 1. The fourth-order valence-corrected chi connectivity index (χ4v) is 3.72. The van der Waals surface area contributed by atoms with Gasteiger partial charge in [-0.25, -0.2) is 10.2 Å². The molecule has 0 heterocycles. The van der Waals surface area contributed by atoms with Gasteiger partial charge in [0.25, 0.3) is 5.91 Å². The van der Waals surface area contributed by atoms with Crippen molar-refractivity contribution in [3.63, 3.8) is 0 Å². The Morgan fingerprint density at radius 2 is 1.69 bits per heavy atom. The highest BCUT2D eigenvalue weighted by atomic mass is 16.6. The highest BCUT2D eigenvalue weighted by molar-refractivity contribution is 5.92. The van der Waals surface area contributed by atoms with Crippen LogP contribution in [0.1, 0.15) is 36.2 Å². The maximum atomic E-state index is 12.6. The summed E-state index contributed by atoms with van der Waals surface area (Å²) in [5.74, 6) is 0.986. The fraction of sp³-hybridized carbons (Fsp3) is 0.194. The Hall–Kier alpha value is -4.85. The molecule has 1 amide bonds. The van der Waals surface area contributed by atoms with Crippen molar-refractivity contribution in [2.75, 3.05) is 13.7 Å². The van der Waals surface area contributed by atoms with E-state index in [2.05, 4.69) is 10.5 Å². The molecule has 39 heavy (non-hydrogen) atoms. The zero-order valence-electron chi connectivity index (χ0n) is 22.0. The number of fused-ring (bicyclic) bond motifs is 1. The molecule has 0 spiro atoms. The molecule has 200 valence electrons. The first-order valence-corrected chi connectivity index (χ1v) is 12.6. The van der Waals surface area contributed by atoms with Gasteiger partial charge in [0.1, 0.15) is 11.5 Å². The lowest BCUT2D eigenvalue weighted by molar-refractivity contribution is -0.127. The van der Waals surface area contributed by atoms with Crippen molar-refractivity contribution in [2.45, 2.75) is 26.4 Å². The van der Waals surface area contributed by atoms with Crippen LogP contribution in [0.5, 0.6) is 23.0 Å². The van der Waals surface area contributed by atoms with Gasteiger partial charge < -0.3 is 18.9 Å². The van der Waals surface area contributed by atoms with Crippen LogP contribution in [0.3, 0.4) is 0 Å². The number of carbonyl (C=O) groups excluding carboxylic acids is 2. The molecule has 8 heteroatoms. The van der Waals surface area contributed by atoms with Crippen LogP contribution in [-0.2, 0) is 4.79 Å². The lowest BCUT2D eigenvalue weighted by Gasteiger charge is -2.14. The van der Waals surface area contributed by atoms with Gasteiger partial charge in [0.05, 0.1) is 25.5 Å². The van der Waals surface area contributed by atoms with E-state index in [1.54, 1.807) is 49.4 Å². The third-order valence-corrected chi connectivity index (χ3v) is 5.76. The maximum absolute atomic E-state index is 12.6. The molecule has 8 nitrogen and oxygen atoms in total. The molecule has 0 bridgehead atoms. The van der Waals surface area contributed by atoms with E-state index in [0.29, 0.717) is 35.0 Å². The van der Waals surface area contributed by atoms with Crippen molar-refractivity contribution in [1.82, 2.24) is 5.43 Å². The molecule has 0 aromatic heterocycles. The van der Waals surface area contributed by atoms with E-state index in [4.69, 9.17) is 18.9 Å². The highest BCUT2D eigenvalue weighted by Gasteiger charge is 2.16. The van der Waals surface area contributed by atoms with E-state index in [1.807, 2.05) is 49.4 Å². The molecule has 0 saturated heterocycles. The van der Waals surface area contributed by atoms with Crippen LogP contribution in [0.25, 0.3) is 10.8 Å². The number of ether oxygens (including phenoxy) is 4. The minimum atomic E-state index is -0.767. The molecule has 4 rings (SSSR count). The van der Waals surface area contributed by atoms with Crippen molar-refractivity contribution >= 4 is 28.9 Å². The second-order valence-corrected chi connectivity index (χ2v) is 8.64. The van der Waals surface area contributed by atoms with Gasteiger partial charge in [0.2, 0.25) is 0 Å². The SMILES string of the molecule is CCCOc1ccc(C(=O)Oc2ccc(C=NNC(=O)C(C)Oc3cccc4ccccc34)cc2OC)cc1. The third-order valence-electron chi connectivity index (χ3n) is 5.76. The molecular formula is C31H30N2O6. The molecule has 0 aliphatic heterocycles. The number of esters is 1. The zero-order valence-corrected chi connectivity index (χ0v) is 22.0. The molecule has 1 atom stereocenters. The highest BCUT2D eigenvalue weighted by Crippen LogP contribution is 2.29. The van der Waals surface area contributed by atoms with E-state index < -0.39 is 18.0 Å². The van der Waals surface area contributed by atoms with Crippen molar-refractivity contribution in [3.8, 4) is 23.0 Å². The first-order valence-electron chi connectivity index (χ1n) is 12.6. The summed E-state index contributed by atoms with van der Waals surface area (Å²) in [7, 11) is 1.47. The number of benzene rings is 4. The van der Waals surface area contributed by atoms with Crippen LogP contribution >= 0.6 is 0 Å². The average Bonchev–Trinajstić information content (AvgIpc) is 2.97. The largest absolute Gasteiger partial charge is 0.494 e. The predicted molar refractivity (Wildman–Crippen MR) is 150 cm³/mol. The Bertz CT molecular complexity index is 1460. The Kier molecular flexibility index (Phi) is 9.13. The summed E-state index contributed by atoms with van der Waals surface area (Å²) in [5.41, 5.74) is 3.51.